The van der Waals surface area contributed by atoms with Crippen molar-refractivity contribution < 1.29 is 9.15 Å². The monoisotopic (exact) mass is 557 g/mol. The first kappa shape index (κ1) is 26.8. The lowest BCUT2D eigenvalue weighted by Crippen LogP contribution is -2.20. The number of aryl methyl sites for hydroxylation is 1. The van der Waals surface area contributed by atoms with Crippen LogP contribution in [0.1, 0.15) is 43.6 Å². The van der Waals surface area contributed by atoms with E-state index in [0.717, 1.165) is 27.3 Å². The average molecular weight is 558 g/mol. The van der Waals surface area contributed by atoms with Crippen molar-refractivity contribution in [2.45, 2.75) is 43.6 Å². The quantitative estimate of drug-likeness (QED) is 0.180. The molecule has 5 rings (SSSR count). The molecule has 0 radical (unpaired) electrons. The maximum absolute atomic E-state index is 13.7. The number of benzene rings is 3. The van der Waals surface area contributed by atoms with Crippen molar-refractivity contribution in [1.82, 2.24) is 9.66 Å². The van der Waals surface area contributed by atoms with Crippen molar-refractivity contribution in [3.63, 3.8) is 0 Å². The molecule has 6 nitrogen and oxygen atoms in total. The third kappa shape index (κ3) is 5.79. The Balaban J connectivity index is 1.58. The van der Waals surface area contributed by atoms with Gasteiger partial charge < -0.3 is 9.15 Å². The van der Waals surface area contributed by atoms with Gasteiger partial charge in [0.25, 0.3) is 5.56 Å². The minimum absolute atomic E-state index is 0.217. The second-order valence-electron chi connectivity index (χ2n) is 9.32. The summed E-state index contributed by atoms with van der Waals surface area (Å²) < 4.78 is 13.2. The molecule has 0 saturated heterocycles. The van der Waals surface area contributed by atoms with Crippen LogP contribution in [0.4, 0.5) is 0 Å². The van der Waals surface area contributed by atoms with E-state index >= 15 is 0 Å². The van der Waals surface area contributed by atoms with Gasteiger partial charge in [-0.1, -0.05) is 49.3 Å². The molecular formula is C31H28ClN3O3S. The summed E-state index contributed by atoms with van der Waals surface area (Å²) in [5.74, 6) is 2.03. The highest BCUT2D eigenvalue weighted by molar-refractivity contribution is 7.99. The minimum Gasteiger partial charge on any atom is -0.494 e. The second-order valence-corrected chi connectivity index (χ2v) is 10.8. The predicted octanol–water partition coefficient (Wildman–Crippen LogP) is 8.17. The molecule has 0 spiro atoms. The molecule has 5 aromatic rings. The largest absolute Gasteiger partial charge is 0.494 e. The van der Waals surface area contributed by atoms with Crippen LogP contribution >= 0.6 is 23.4 Å². The third-order valence-electron chi connectivity index (χ3n) is 6.21. The standard InChI is InChI=1S/C31H28ClN3O3S/c1-5-37-28-16-20(4)26(17-25(28)19(2)3)30-34-27-9-7-6-8-24(27)31(36)35(30)33-18-22-12-15-29(38-22)39-23-13-10-21(32)11-14-23/h6-19H,5H2,1-4H3. The molecule has 0 unspecified atom stereocenters. The van der Waals surface area contributed by atoms with Gasteiger partial charge in [-0.2, -0.15) is 9.78 Å². The van der Waals surface area contributed by atoms with Crippen LogP contribution in [0.15, 0.2) is 97.1 Å². The Labute approximate surface area is 236 Å². The fraction of sp³-hybridized carbons (Fsp3) is 0.194. The van der Waals surface area contributed by atoms with E-state index in [4.69, 9.17) is 25.7 Å². The van der Waals surface area contributed by atoms with Crippen LogP contribution in [0, 0.1) is 6.92 Å². The van der Waals surface area contributed by atoms with Gasteiger partial charge in [-0.05, 0) is 91.6 Å². The van der Waals surface area contributed by atoms with Crippen LogP contribution in [0.25, 0.3) is 22.3 Å². The number of fused-ring (bicyclic) bond motifs is 1. The van der Waals surface area contributed by atoms with Crippen molar-refractivity contribution in [2.75, 3.05) is 6.61 Å². The first-order chi connectivity index (χ1) is 18.8. The molecule has 198 valence electrons. The highest BCUT2D eigenvalue weighted by Crippen LogP contribution is 2.34. The van der Waals surface area contributed by atoms with Gasteiger partial charge in [0.05, 0.1) is 23.7 Å². The summed E-state index contributed by atoms with van der Waals surface area (Å²) in [5, 5.41) is 6.45. The third-order valence-corrected chi connectivity index (χ3v) is 7.39. The summed E-state index contributed by atoms with van der Waals surface area (Å²) in [7, 11) is 0. The first-order valence-electron chi connectivity index (χ1n) is 12.7. The van der Waals surface area contributed by atoms with Crippen LogP contribution in [-0.2, 0) is 0 Å². The molecule has 2 heterocycles. The van der Waals surface area contributed by atoms with Crippen molar-refractivity contribution >= 4 is 40.5 Å². The van der Waals surface area contributed by atoms with Crippen molar-refractivity contribution in [1.29, 1.82) is 0 Å². The molecular weight excluding hydrogens is 530 g/mol. The number of hydrogen-bond acceptors (Lipinski definition) is 6. The van der Waals surface area contributed by atoms with E-state index in [2.05, 4.69) is 25.0 Å². The normalized spacial score (nSPS) is 11.6. The van der Waals surface area contributed by atoms with E-state index in [1.807, 2.05) is 74.5 Å². The smallest absolute Gasteiger partial charge is 0.282 e. The van der Waals surface area contributed by atoms with Crippen LogP contribution in [0.5, 0.6) is 5.75 Å². The van der Waals surface area contributed by atoms with Gasteiger partial charge in [-0.25, -0.2) is 4.98 Å². The van der Waals surface area contributed by atoms with Gasteiger partial charge in [-0.15, -0.1) is 0 Å². The number of aromatic nitrogens is 2. The van der Waals surface area contributed by atoms with Crippen LogP contribution in [-0.4, -0.2) is 22.5 Å². The number of rotatable bonds is 8. The van der Waals surface area contributed by atoms with E-state index < -0.39 is 0 Å². The average Bonchev–Trinajstić information content (AvgIpc) is 3.37. The number of hydrogen-bond donors (Lipinski definition) is 0. The Hall–Kier alpha value is -3.81. The number of ether oxygens (including phenoxy) is 1. The Morgan fingerprint density at radius 2 is 1.87 bits per heavy atom. The zero-order chi connectivity index (χ0) is 27.5. The molecule has 0 saturated carbocycles. The SMILES string of the molecule is CCOc1cc(C)c(-c2nc3ccccc3c(=O)n2N=Cc2ccc(Sc3ccc(Cl)cc3)o2)cc1C(C)C. The molecule has 0 fully saturated rings. The molecule has 0 aliphatic carbocycles. The fourth-order valence-corrected chi connectivity index (χ4v) is 5.17. The maximum atomic E-state index is 13.7. The number of nitrogens with zero attached hydrogens (tertiary/aromatic N) is 3. The molecule has 0 bridgehead atoms. The topological polar surface area (TPSA) is 69.6 Å². The Morgan fingerprint density at radius 3 is 2.62 bits per heavy atom. The van der Waals surface area contributed by atoms with Gasteiger partial charge in [-0.3, -0.25) is 4.79 Å². The summed E-state index contributed by atoms with van der Waals surface area (Å²) >= 11 is 7.47. The van der Waals surface area contributed by atoms with E-state index in [-0.39, 0.29) is 11.5 Å². The zero-order valence-corrected chi connectivity index (χ0v) is 23.7. The van der Waals surface area contributed by atoms with Crippen LogP contribution < -0.4 is 10.3 Å². The van der Waals surface area contributed by atoms with E-state index in [0.29, 0.717) is 39.2 Å². The summed E-state index contributed by atoms with van der Waals surface area (Å²) in [5.41, 5.74) is 3.16. The zero-order valence-electron chi connectivity index (χ0n) is 22.1. The maximum Gasteiger partial charge on any atom is 0.282 e. The summed E-state index contributed by atoms with van der Waals surface area (Å²) in [6, 6.07) is 22.6. The summed E-state index contributed by atoms with van der Waals surface area (Å²) in [6.45, 7) is 8.77. The Morgan fingerprint density at radius 1 is 1.10 bits per heavy atom. The van der Waals surface area contributed by atoms with Gasteiger partial charge in [0.2, 0.25) is 0 Å². The molecule has 0 N–H and O–H groups in total. The van der Waals surface area contributed by atoms with Crippen LogP contribution in [0.3, 0.4) is 0 Å². The summed E-state index contributed by atoms with van der Waals surface area (Å²) in [4.78, 5) is 19.5. The van der Waals surface area contributed by atoms with Gasteiger partial charge >= 0.3 is 0 Å². The first-order valence-corrected chi connectivity index (χ1v) is 13.9. The molecule has 0 aliphatic heterocycles. The minimum atomic E-state index is -0.256. The molecule has 39 heavy (non-hydrogen) atoms. The van der Waals surface area contributed by atoms with Crippen molar-refractivity contribution in [3.8, 4) is 17.1 Å². The lowest BCUT2D eigenvalue weighted by Gasteiger charge is -2.18. The lowest BCUT2D eigenvalue weighted by molar-refractivity contribution is 0.335. The van der Waals surface area contributed by atoms with E-state index in [1.165, 1.54) is 16.4 Å². The lowest BCUT2D eigenvalue weighted by atomic mass is 9.96. The predicted molar refractivity (Wildman–Crippen MR) is 159 cm³/mol. The van der Waals surface area contributed by atoms with Gasteiger partial charge in [0.15, 0.2) is 10.9 Å². The second kappa shape index (κ2) is 11.5. The molecule has 0 amide bonds. The molecule has 3 aromatic carbocycles. The van der Waals surface area contributed by atoms with Gasteiger partial charge in [0.1, 0.15) is 11.5 Å². The van der Waals surface area contributed by atoms with Crippen LogP contribution in [0.2, 0.25) is 5.02 Å². The van der Waals surface area contributed by atoms with Crippen molar-refractivity contribution in [3.05, 3.63) is 105 Å². The molecule has 8 heteroatoms. The highest BCUT2D eigenvalue weighted by atomic mass is 35.5. The highest BCUT2D eigenvalue weighted by Gasteiger charge is 2.18. The molecule has 0 aliphatic rings. The van der Waals surface area contributed by atoms with Crippen molar-refractivity contribution in [2.24, 2.45) is 5.10 Å². The number of para-hydroxylation sites is 1. The number of halogens is 1. The Kier molecular flexibility index (Phi) is 7.91. The van der Waals surface area contributed by atoms with Gasteiger partial charge in [0, 0.05) is 15.5 Å². The fourth-order valence-electron chi connectivity index (χ4n) is 4.27. The molecule has 2 aromatic heterocycles. The van der Waals surface area contributed by atoms with E-state index in [9.17, 15) is 4.79 Å². The molecule has 0 atom stereocenters. The Bertz CT molecular complexity index is 1720. The van der Waals surface area contributed by atoms with E-state index in [1.54, 1.807) is 12.3 Å². The number of furan rings is 1. The summed E-state index contributed by atoms with van der Waals surface area (Å²) in [6.07, 6.45) is 1.54.